The molecular weight excluding hydrogens is 166 g/mol. The molecule has 0 spiro atoms. The lowest BCUT2D eigenvalue weighted by Crippen LogP contribution is -2.14. The first-order valence-electron chi connectivity index (χ1n) is 4.39. The molecule has 70 valence electrons. The second-order valence-corrected chi connectivity index (χ2v) is 3.76. The lowest BCUT2D eigenvalue weighted by atomic mass is 10.2. The highest BCUT2D eigenvalue weighted by molar-refractivity contribution is 5.81. The molecule has 0 bridgehead atoms. The fourth-order valence-electron chi connectivity index (χ4n) is 2.02. The monoisotopic (exact) mass is 179 g/mol. The van der Waals surface area contributed by atoms with Gasteiger partial charge in [-0.05, 0) is 11.5 Å². The van der Waals surface area contributed by atoms with E-state index in [2.05, 4.69) is 5.10 Å². The molecule has 0 aliphatic heterocycles. The van der Waals surface area contributed by atoms with E-state index >= 15 is 0 Å². The summed E-state index contributed by atoms with van der Waals surface area (Å²) in [5, 5.41) is 4.07. The molecule has 2 rings (SSSR count). The van der Waals surface area contributed by atoms with Crippen LogP contribution in [0.3, 0.4) is 0 Å². The van der Waals surface area contributed by atoms with Gasteiger partial charge in [-0.15, -0.1) is 0 Å². The van der Waals surface area contributed by atoms with Crippen LogP contribution >= 0.6 is 0 Å². The van der Waals surface area contributed by atoms with Gasteiger partial charge in [-0.3, -0.25) is 9.48 Å². The smallest absolute Gasteiger partial charge is 0.221 e. The average molecular weight is 179 g/mol. The molecule has 0 saturated heterocycles. The van der Waals surface area contributed by atoms with Gasteiger partial charge in [0.05, 0.1) is 6.20 Å². The van der Waals surface area contributed by atoms with Crippen LogP contribution in [0.25, 0.3) is 0 Å². The van der Waals surface area contributed by atoms with Crippen LogP contribution in [0.5, 0.6) is 0 Å². The predicted molar refractivity (Wildman–Crippen MR) is 47.8 cm³/mol. The molecule has 4 nitrogen and oxygen atoms in total. The van der Waals surface area contributed by atoms with Crippen molar-refractivity contribution in [1.82, 2.24) is 9.78 Å². The van der Waals surface area contributed by atoms with E-state index in [-0.39, 0.29) is 11.8 Å². The minimum Gasteiger partial charge on any atom is -0.369 e. The lowest BCUT2D eigenvalue weighted by molar-refractivity contribution is -0.119. The molecule has 13 heavy (non-hydrogen) atoms. The summed E-state index contributed by atoms with van der Waals surface area (Å²) in [7, 11) is 1.87. The molecule has 0 radical (unpaired) electrons. The molecule has 1 saturated carbocycles. The maximum atomic E-state index is 11.0. The molecule has 1 aromatic heterocycles. The Morgan fingerprint density at radius 3 is 2.77 bits per heavy atom. The summed E-state index contributed by atoms with van der Waals surface area (Å²) >= 11 is 0. The Labute approximate surface area is 76.7 Å². The second-order valence-electron chi connectivity index (χ2n) is 3.76. The van der Waals surface area contributed by atoms with Gasteiger partial charge >= 0.3 is 0 Å². The molecular formula is C9H13N3O. The quantitative estimate of drug-likeness (QED) is 0.707. The number of carbonyl (C=O) groups excluding carboxylic acids is 1. The lowest BCUT2D eigenvalue weighted by Gasteiger charge is -1.90. The van der Waals surface area contributed by atoms with E-state index in [1.165, 1.54) is 0 Å². The maximum Gasteiger partial charge on any atom is 0.221 e. The molecule has 1 fully saturated rings. The number of carbonyl (C=O) groups is 1. The summed E-state index contributed by atoms with van der Waals surface area (Å²) in [6.07, 6.45) is 3.76. The number of aromatic nitrogens is 2. The second kappa shape index (κ2) is 2.58. The van der Waals surface area contributed by atoms with Crippen molar-refractivity contribution in [1.29, 1.82) is 0 Å². The zero-order valence-electron chi connectivity index (χ0n) is 7.77. The standard InChI is InChI=1S/C9H13N3O/c1-5-7(8(5)9(10)13)6-3-11-12(2)4-6/h3-5,7-8H,1-2H3,(H2,10,13). The van der Waals surface area contributed by atoms with Crippen molar-refractivity contribution >= 4 is 5.91 Å². The zero-order chi connectivity index (χ0) is 9.59. The third-order valence-electron chi connectivity index (χ3n) is 2.82. The van der Waals surface area contributed by atoms with Crippen molar-refractivity contribution in [2.75, 3.05) is 0 Å². The van der Waals surface area contributed by atoms with Crippen molar-refractivity contribution in [2.24, 2.45) is 24.6 Å². The van der Waals surface area contributed by atoms with Crippen molar-refractivity contribution in [3.63, 3.8) is 0 Å². The van der Waals surface area contributed by atoms with Crippen molar-refractivity contribution in [3.05, 3.63) is 18.0 Å². The van der Waals surface area contributed by atoms with E-state index in [1.54, 1.807) is 4.68 Å². The fourth-order valence-corrected chi connectivity index (χ4v) is 2.02. The molecule has 1 aromatic rings. The summed E-state index contributed by atoms with van der Waals surface area (Å²) in [5.41, 5.74) is 6.38. The normalized spacial score (nSPS) is 31.7. The molecule has 1 aliphatic carbocycles. The van der Waals surface area contributed by atoms with Gasteiger partial charge in [-0.2, -0.15) is 5.10 Å². The number of nitrogens with two attached hydrogens (primary N) is 1. The number of nitrogens with zero attached hydrogens (tertiary/aromatic N) is 2. The van der Waals surface area contributed by atoms with Crippen molar-refractivity contribution in [2.45, 2.75) is 12.8 Å². The minimum atomic E-state index is -0.193. The number of hydrogen-bond donors (Lipinski definition) is 1. The number of aryl methyl sites for hydroxylation is 1. The van der Waals surface area contributed by atoms with Crippen LogP contribution in [-0.2, 0) is 11.8 Å². The minimum absolute atomic E-state index is 0.0178. The van der Waals surface area contributed by atoms with E-state index in [0.29, 0.717) is 11.8 Å². The van der Waals surface area contributed by atoms with E-state index in [1.807, 2.05) is 26.4 Å². The molecule has 2 N–H and O–H groups in total. The van der Waals surface area contributed by atoms with Gasteiger partial charge in [0, 0.05) is 25.1 Å². The Morgan fingerprint density at radius 2 is 2.38 bits per heavy atom. The molecule has 3 atom stereocenters. The molecule has 1 heterocycles. The van der Waals surface area contributed by atoms with E-state index in [4.69, 9.17) is 5.73 Å². The number of hydrogen-bond acceptors (Lipinski definition) is 2. The first-order valence-corrected chi connectivity index (χ1v) is 4.39. The number of amides is 1. The Balaban J connectivity index is 2.17. The Bertz CT molecular complexity index is 344. The van der Waals surface area contributed by atoms with Crippen LogP contribution in [0.15, 0.2) is 12.4 Å². The van der Waals surface area contributed by atoms with Crippen LogP contribution in [0.1, 0.15) is 18.4 Å². The summed E-state index contributed by atoms with van der Waals surface area (Å²) in [6.45, 7) is 2.05. The van der Waals surface area contributed by atoms with Gasteiger partial charge in [0.1, 0.15) is 0 Å². The first-order chi connectivity index (χ1) is 6.11. The van der Waals surface area contributed by atoms with E-state index < -0.39 is 0 Å². The Hall–Kier alpha value is -1.32. The molecule has 1 amide bonds. The van der Waals surface area contributed by atoms with Crippen LogP contribution < -0.4 is 5.73 Å². The van der Waals surface area contributed by atoms with Gasteiger partial charge in [0.25, 0.3) is 0 Å². The van der Waals surface area contributed by atoms with Gasteiger partial charge < -0.3 is 5.73 Å². The van der Waals surface area contributed by atoms with E-state index in [0.717, 1.165) is 5.56 Å². The maximum absolute atomic E-state index is 11.0. The summed E-state index contributed by atoms with van der Waals surface area (Å²) in [4.78, 5) is 11.0. The van der Waals surface area contributed by atoms with Crippen molar-refractivity contribution in [3.8, 4) is 0 Å². The summed E-state index contributed by atoms with van der Waals surface area (Å²) < 4.78 is 1.75. The average Bonchev–Trinajstić information content (AvgIpc) is 2.51. The van der Waals surface area contributed by atoms with Crippen LogP contribution in [0.2, 0.25) is 0 Å². The topological polar surface area (TPSA) is 60.9 Å². The highest BCUT2D eigenvalue weighted by Crippen LogP contribution is 2.53. The Kier molecular flexibility index (Phi) is 1.65. The molecule has 0 aromatic carbocycles. The number of rotatable bonds is 2. The highest BCUT2D eigenvalue weighted by atomic mass is 16.1. The van der Waals surface area contributed by atoms with Gasteiger partial charge in [0.15, 0.2) is 0 Å². The highest BCUT2D eigenvalue weighted by Gasteiger charge is 2.51. The summed E-state index contributed by atoms with van der Waals surface area (Å²) in [5.74, 6) is 0.499. The largest absolute Gasteiger partial charge is 0.369 e. The van der Waals surface area contributed by atoms with Crippen LogP contribution in [0, 0.1) is 11.8 Å². The van der Waals surface area contributed by atoms with Gasteiger partial charge in [0.2, 0.25) is 5.91 Å². The van der Waals surface area contributed by atoms with Crippen LogP contribution in [0.4, 0.5) is 0 Å². The van der Waals surface area contributed by atoms with Gasteiger partial charge in [-0.25, -0.2) is 0 Å². The summed E-state index contributed by atoms with van der Waals surface area (Å²) in [6, 6.07) is 0. The zero-order valence-corrected chi connectivity index (χ0v) is 7.77. The molecule has 3 unspecified atom stereocenters. The predicted octanol–water partition coefficient (Wildman–Crippen LogP) is 0.255. The molecule has 4 heteroatoms. The third kappa shape index (κ3) is 1.22. The third-order valence-corrected chi connectivity index (χ3v) is 2.82. The molecule has 1 aliphatic rings. The van der Waals surface area contributed by atoms with Crippen LogP contribution in [-0.4, -0.2) is 15.7 Å². The van der Waals surface area contributed by atoms with E-state index in [9.17, 15) is 4.79 Å². The fraction of sp³-hybridized carbons (Fsp3) is 0.556. The Morgan fingerprint density at radius 1 is 1.69 bits per heavy atom. The SMILES string of the molecule is CC1C(C(N)=O)C1c1cnn(C)c1. The first kappa shape index (κ1) is 8.29. The van der Waals surface area contributed by atoms with Gasteiger partial charge in [-0.1, -0.05) is 6.92 Å². The van der Waals surface area contributed by atoms with Crippen molar-refractivity contribution < 1.29 is 4.79 Å². The number of primary amides is 1.